The van der Waals surface area contributed by atoms with E-state index >= 15 is 0 Å². The molecule has 0 fully saturated rings. The number of hydrogen-bond donors (Lipinski definition) is 1. The number of nitriles is 1. The zero-order chi connectivity index (χ0) is 11.5. The summed E-state index contributed by atoms with van der Waals surface area (Å²) in [7, 11) is 0. The topological polar surface area (TPSA) is 61.1 Å². The summed E-state index contributed by atoms with van der Waals surface area (Å²) in [5, 5.41) is 17.2. The molecule has 0 rings (SSSR count). The van der Waals surface area contributed by atoms with Gasteiger partial charge in [0.25, 0.3) is 0 Å². The first-order valence-corrected chi connectivity index (χ1v) is 5.84. The fourth-order valence-electron chi connectivity index (χ4n) is 1.55. The van der Waals surface area contributed by atoms with Crippen LogP contribution >= 0.6 is 0 Å². The van der Waals surface area contributed by atoms with Crippen LogP contribution < -0.4 is 0 Å². The van der Waals surface area contributed by atoms with E-state index < -0.39 is 11.9 Å². The molecule has 0 saturated heterocycles. The molecular weight excluding hydrogens is 190 g/mol. The van der Waals surface area contributed by atoms with Gasteiger partial charge in [0, 0.05) is 0 Å². The maximum Gasteiger partial charge on any atom is 0.320 e. The van der Waals surface area contributed by atoms with E-state index in [-0.39, 0.29) is 0 Å². The Bertz CT molecular complexity index is 208. The first kappa shape index (κ1) is 14.0. The van der Waals surface area contributed by atoms with Crippen LogP contribution in [0.25, 0.3) is 0 Å². The van der Waals surface area contributed by atoms with Gasteiger partial charge in [0.1, 0.15) is 5.92 Å². The lowest BCUT2D eigenvalue weighted by molar-refractivity contribution is -0.140. The van der Waals surface area contributed by atoms with Crippen LogP contribution in [0.4, 0.5) is 0 Å². The van der Waals surface area contributed by atoms with Gasteiger partial charge in [-0.3, -0.25) is 4.79 Å². The van der Waals surface area contributed by atoms with Gasteiger partial charge in [0.2, 0.25) is 0 Å². The second-order valence-corrected chi connectivity index (χ2v) is 3.93. The van der Waals surface area contributed by atoms with E-state index in [1.807, 2.05) is 6.07 Å². The largest absolute Gasteiger partial charge is 0.480 e. The molecule has 0 heterocycles. The molecule has 86 valence electrons. The van der Waals surface area contributed by atoms with Crippen molar-refractivity contribution in [1.82, 2.24) is 0 Å². The third-order valence-electron chi connectivity index (χ3n) is 2.55. The van der Waals surface area contributed by atoms with Crippen LogP contribution in [0.15, 0.2) is 0 Å². The number of carboxylic acids is 1. The average molecular weight is 211 g/mol. The van der Waals surface area contributed by atoms with Gasteiger partial charge in [-0.25, -0.2) is 0 Å². The minimum Gasteiger partial charge on any atom is -0.480 e. The number of unbranched alkanes of at least 4 members (excludes halogenated alkanes) is 6. The molecule has 0 bridgehead atoms. The van der Waals surface area contributed by atoms with Crippen LogP contribution in [0, 0.1) is 17.2 Å². The predicted molar refractivity (Wildman–Crippen MR) is 59.3 cm³/mol. The second kappa shape index (κ2) is 9.51. The van der Waals surface area contributed by atoms with Crippen molar-refractivity contribution < 1.29 is 9.90 Å². The van der Waals surface area contributed by atoms with Crippen molar-refractivity contribution in [3.05, 3.63) is 0 Å². The van der Waals surface area contributed by atoms with Crippen LogP contribution in [-0.4, -0.2) is 11.1 Å². The highest BCUT2D eigenvalue weighted by atomic mass is 16.4. The summed E-state index contributed by atoms with van der Waals surface area (Å²) < 4.78 is 0. The van der Waals surface area contributed by atoms with Gasteiger partial charge in [0.15, 0.2) is 0 Å². The smallest absolute Gasteiger partial charge is 0.320 e. The molecule has 15 heavy (non-hydrogen) atoms. The number of nitrogens with zero attached hydrogens (tertiary/aromatic N) is 1. The Hall–Kier alpha value is -1.04. The Morgan fingerprint density at radius 3 is 2.20 bits per heavy atom. The molecule has 0 aliphatic rings. The average Bonchev–Trinajstić information content (AvgIpc) is 2.21. The SMILES string of the molecule is CCCCCCCCCC(C#N)C(=O)O. The van der Waals surface area contributed by atoms with Crippen LogP contribution in [0.3, 0.4) is 0 Å². The fraction of sp³-hybridized carbons (Fsp3) is 0.833. The summed E-state index contributed by atoms with van der Waals surface area (Å²) in [5.74, 6) is -1.79. The second-order valence-electron chi connectivity index (χ2n) is 3.93. The van der Waals surface area contributed by atoms with Gasteiger partial charge >= 0.3 is 5.97 Å². The van der Waals surface area contributed by atoms with Crippen LogP contribution in [0.5, 0.6) is 0 Å². The minimum absolute atomic E-state index is 0.500. The highest BCUT2D eigenvalue weighted by molar-refractivity contribution is 5.72. The lowest BCUT2D eigenvalue weighted by Gasteiger charge is -2.03. The third kappa shape index (κ3) is 7.99. The molecule has 3 nitrogen and oxygen atoms in total. The Morgan fingerprint density at radius 1 is 1.20 bits per heavy atom. The molecule has 0 aliphatic heterocycles. The first-order valence-electron chi connectivity index (χ1n) is 5.84. The summed E-state index contributed by atoms with van der Waals surface area (Å²) in [4.78, 5) is 10.5. The van der Waals surface area contributed by atoms with E-state index in [2.05, 4.69) is 6.92 Å². The van der Waals surface area contributed by atoms with Gasteiger partial charge in [0.05, 0.1) is 6.07 Å². The summed E-state index contributed by atoms with van der Waals surface area (Å²) in [6.07, 6.45) is 8.61. The van der Waals surface area contributed by atoms with Gasteiger partial charge in [-0.05, 0) is 6.42 Å². The number of hydrogen-bond acceptors (Lipinski definition) is 2. The number of carboxylic acid groups (broad SMARTS) is 1. The Balaban J connectivity index is 3.30. The zero-order valence-electron chi connectivity index (χ0n) is 9.54. The minimum atomic E-state index is -0.983. The maximum atomic E-state index is 10.5. The number of aliphatic carboxylic acids is 1. The van der Waals surface area contributed by atoms with Crippen molar-refractivity contribution in [2.75, 3.05) is 0 Å². The Kier molecular flexibility index (Phi) is 8.85. The molecule has 0 radical (unpaired) electrons. The highest BCUT2D eigenvalue weighted by Crippen LogP contribution is 2.12. The van der Waals surface area contributed by atoms with Crippen molar-refractivity contribution in [3.8, 4) is 6.07 Å². The molecule has 0 aliphatic carbocycles. The molecule has 0 aromatic heterocycles. The lowest BCUT2D eigenvalue weighted by Crippen LogP contribution is -2.10. The Labute approximate surface area is 92.1 Å². The summed E-state index contributed by atoms with van der Waals surface area (Å²) in [6.45, 7) is 2.18. The van der Waals surface area contributed by atoms with Gasteiger partial charge < -0.3 is 5.11 Å². The third-order valence-corrected chi connectivity index (χ3v) is 2.55. The molecule has 1 atom stereocenters. The first-order chi connectivity index (χ1) is 7.22. The van der Waals surface area contributed by atoms with Crippen LogP contribution in [0.1, 0.15) is 58.3 Å². The van der Waals surface area contributed by atoms with Gasteiger partial charge in [-0.15, -0.1) is 0 Å². The van der Waals surface area contributed by atoms with Crippen molar-refractivity contribution in [3.63, 3.8) is 0 Å². The summed E-state index contributed by atoms with van der Waals surface area (Å²) in [5.41, 5.74) is 0. The zero-order valence-corrected chi connectivity index (χ0v) is 9.54. The molecule has 1 N–H and O–H groups in total. The quantitative estimate of drug-likeness (QED) is 0.595. The monoisotopic (exact) mass is 211 g/mol. The molecule has 0 spiro atoms. The summed E-state index contributed by atoms with van der Waals surface area (Å²) >= 11 is 0. The van der Waals surface area contributed by atoms with Crippen molar-refractivity contribution in [2.24, 2.45) is 5.92 Å². The van der Waals surface area contributed by atoms with E-state index in [4.69, 9.17) is 10.4 Å². The predicted octanol–water partition coefficient (Wildman–Crippen LogP) is 3.35. The highest BCUT2D eigenvalue weighted by Gasteiger charge is 2.14. The normalized spacial score (nSPS) is 12.0. The number of carbonyl (C=O) groups is 1. The van der Waals surface area contributed by atoms with Crippen molar-refractivity contribution in [2.45, 2.75) is 58.3 Å². The molecule has 0 aromatic carbocycles. The number of rotatable bonds is 9. The molecule has 0 saturated carbocycles. The van der Waals surface area contributed by atoms with Crippen molar-refractivity contribution in [1.29, 1.82) is 5.26 Å². The van der Waals surface area contributed by atoms with E-state index in [0.29, 0.717) is 6.42 Å². The lowest BCUT2D eigenvalue weighted by atomic mass is 10.0. The Morgan fingerprint density at radius 2 is 1.73 bits per heavy atom. The van der Waals surface area contributed by atoms with Gasteiger partial charge in [-0.1, -0.05) is 51.9 Å². The molecular formula is C12H21NO2. The van der Waals surface area contributed by atoms with E-state index in [1.165, 1.54) is 25.7 Å². The van der Waals surface area contributed by atoms with E-state index in [0.717, 1.165) is 19.3 Å². The van der Waals surface area contributed by atoms with Crippen molar-refractivity contribution >= 4 is 5.97 Å². The van der Waals surface area contributed by atoms with E-state index in [9.17, 15) is 4.79 Å². The molecule has 1 unspecified atom stereocenters. The molecule has 0 aromatic rings. The van der Waals surface area contributed by atoms with Crippen LogP contribution in [0.2, 0.25) is 0 Å². The van der Waals surface area contributed by atoms with E-state index in [1.54, 1.807) is 0 Å². The van der Waals surface area contributed by atoms with Gasteiger partial charge in [-0.2, -0.15) is 5.26 Å². The molecule has 0 amide bonds. The maximum absolute atomic E-state index is 10.5. The molecule has 3 heteroatoms. The fourth-order valence-corrected chi connectivity index (χ4v) is 1.55. The summed E-state index contributed by atoms with van der Waals surface area (Å²) in [6, 6.07) is 1.81. The van der Waals surface area contributed by atoms with Crippen LogP contribution in [-0.2, 0) is 4.79 Å². The standard InChI is InChI=1S/C12H21NO2/c1-2-3-4-5-6-7-8-9-11(10-13)12(14)15/h11H,2-9H2,1H3,(H,14,15).